The van der Waals surface area contributed by atoms with Crippen LogP contribution < -0.4 is 14.8 Å². The quantitative estimate of drug-likeness (QED) is 0.878. The zero-order chi connectivity index (χ0) is 13.2. The lowest BCUT2D eigenvalue weighted by Crippen LogP contribution is -2.54. The lowest BCUT2D eigenvalue weighted by Gasteiger charge is -2.38. The summed E-state index contributed by atoms with van der Waals surface area (Å²) in [6.45, 7) is 8.98. The summed E-state index contributed by atoms with van der Waals surface area (Å²) in [6.07, 6.45) is 0. The highest BCUT2D eigenvalue weighted by molar-refractivity contribution is 5.43. The van der Waals surface area contributed by atoms with E-state index in [2.05, 4.69) is 36.2 Å². The molecule has 4 nitrogen and oxygen atoms in total. The number of nitrogens with zero attached hydrogens (tertiary/aromatic N) is 1. The van der Waals surface area contributed by atoms with Crippen LogP contribution in [-0.2, 0) is 6.54 Å². The summed E-state index contributed by atoms with van der Waals surface area (Å²) >= 11 is 0. The predicted molar refractivity (Wildman–Crippen MR) is 74.8 cm³/mol. The Labute approximate surface area is 114 Å². The van der Waals surface area contributed by atoms with Gasteiger partial charge in [0.1, 0.15) is 13.2 Å². The van der Waals surface area contributed by atoms with Crippen molar-refractivity contribution in [3.05, 3.63) is 23.8 Å². The van der Waals surface area contributed by atoms with Gasteiger partial charge < -0.3 is 14.8 Å². The second kappa shape index (κ2) is 5.39. The number of ether oxygens (including phenoxy) is 2. The molecule has 3 rings (SSSR count). The van der Waals surface area contributed by atoms with E-state index in [1.807, 2.05) is 6.07 Å². The van der Waals surface area contributed by atoms with Crippen LogP contribution in [0.4, 0.5) is 0 Å². The van der Waals surface area contributed by atoms with Gasteiger partial charge in [0.25, 0.3) is 0 Å². The summed E-state index contributed by atoms with van der Waals surface area (Å²) in [5.41, 5.74) is 1.30. The van der Waals surface area contributed by atoms with Crippen LogP contribution in [0.1, 0.15) is 19.4 Å². The third kappa shape index (κ3) is 2.69. The van der Waals surface area contributed by atoms with Crippen LogP contribution in [0.15, 0.2) is 18.2 Å². The summed E-state index contributed by atoms with van der Waals surface area (Å²) in [6, 6.07) is 7.40. The molecule has 2 aliphatic rings. The fraction of sp³-hybridized carbons (Fsp3) is 0.600. The molecular formula is C15H22N2O2. The molecule has 0 amide bonds. The third-order valence-corrected chi connectivity index (χ3v) is 4.16. The molecule has 0 radical (unpaired) electrons. The maximum atomic E-state index is 5.65. The van der Waals surface area contributed by atoms with Crippen molar-refractivity contribution < 1.29 is 9.47 Å². The van der Waals surface area contributed by atoms with Gasteiger partial charge in [-0.2, -0.15) is 0 Å². The van der Waals surface area contributed by atoms with Crippen LogP contribution in [0.3, 0.4) is 0 Å². The Morgan fingerprint density at radius 1 is 1.21 bits per heavy atom. The van der Waals surface area contributed by atoms with Crippen molar-refractivity contribution in [3.8, 4) is 11.5 Å². The van der Waals surface area contributed by atoms with Gasteiger partial charge in [-0.15, -0.1) is 0 Å². The minimum Gasteiger partial charge on any atom is -0.486 e. The highest BCUT2D eigenvalue weighted by Crippen LogP contribution is 2.31. The third-order valence-electron chi connectivity index (χ3n) is 4.16. The van der Waals surface area contributed by atoms with E-state index in [1.165, 1.54) is 5.56 Å². The molecule has 1 aromatic carbocycles. The highest BCUT2D eigenvalue weighted by atomic mass is 16.6. The number of hydrogen-bond acceptors (Lipinski definition) is 4. The molecule has 0 spiro atoms. The minimum atomic E-state index is 0.547. The maximum absolute atomic E-state index is 5.65. The van der Waals surface area contributed by atoms with E-state index >= 15 is 0 Å². The van der Waals surface area contributed by atoms with Gasteiger partial charge in [0.15, 0.2) is 11.5 Å². The van der Waals surface area contributed by atoms with Gasteiger partial charge in [0.05, 0.1) is 0 Å². The van der Waals surface area contributed by atoms with Gasteiger partial charge in [-0.25, -0.2) is 0 Å². The zero-order valence-electron chi connectivity index (χ0n) is 11.7. The van der Waals surface area contributed by atoms with Crippen molar-refractivity contribution >= 4 is 0 Å². The Hall–Kier alpha value is -1.26. The average Bonchev–Trinajstić information content (AvgIpc) is 2.44. The molecule has 1 aromatic rings. The van der Waals surface area contributed by atoms with Gasteiger partial charge in [0, 0.05) is 31.7 Å². The summed E-state index contributed by atoms with van der Waals surface area (Å²) in [4.78, 5) is 2.52. The molecular weight excluding hydrogens is 240 g/mol. The lowest BCUT2D eigenvalue weighted by atomic mass is 10.1. The van der Waals surface area contributed by atoms with Crippen molar-refractivity contribution in [2.24, 2.45) is 0 Å². The summed E-state index contributed by atoms with van der Waals surface area (Å²) in [5.74, 6) is 1.76. The van der Waals surface area contributed by atoms with Gasteiger partial charge in [-0.1, -0.05) is 6.07 Å². The molecule has 0 unspecified atom stereocenters. The fourth-order valence-corrected chi connectivity index (χ4v) is 2.77. The molecule has 1 saturated heterocycles. The molecule has 0 bridgehead atoms. The van der Waals surface area contributed by atoms with Gasteiger partial charge >= 0.3 is 0 Å². The first-order valence-corrected chi connectivity index (χ1v) is 7.10. The van der Waals surface area contributed by atoms with Crippen molar-refractivity contribution in [2.75, 3.05) is 26.3 Å². The first kappa shape index (κ1) is 12.8. The number of nitrogens with one attached hydrogen (secondary N) is 1. The van der Waals surface area contributed by atoms with E-state index in [1.54, 1.807) is 0 Å². The van der Waals surface area contributed by atoms with Crippen LogP contribution in [-0.4, -0.2) is 43.3 Å². The molecule has 0 aromatic heterocycles. The van der Waals surface area contributed by atoms with E-state index < -0.39 is 0 Å². The molecule has 104 valence electrons. The largest absolute Gasteiger partial charge is 0.486 e. The van der Waals surface area contributed by atoms with Gasteiger partial charge in [0.2, 0.25) is 0 Å². The topological polar surface area (TPSA) is 33.7 Å². The summed E-state index contributed by atoms with van der Waals surface area (Å²) < 4.78 is 11.2. The van der Waals surface area contributed by atoms with Gasteiger partial charge in [-0.05, 0) is 31.5 Å². The number of piperazine rings is 1. The van der Waals surface area contributed by atoms with Crippen LogP contribution in [0, 0.1) is 0 Å². The van der Waals surface area contributed by atoms with Crippen molar-refractivity contribution in [2.45, 2.75) is 32.5 Å². The summed E-state index contributed by atoms with van der Waals surface area (Å²) in [5, 5.41) is 3.51. The van der Waals surface area contributed by atoms with Crippen LogP contribution in [0.25, 0.3) is 0 Å². The molecule has 2 atom stereocenters. The molecule has 2 heterocycles. The van der Waals surface area contributed by atoms with Crippen molar-refractivity contribution in [1.29, 1.82) is 0 Å². The second-order valence-electron chi connectivity index (χ2n) is 5.43. The van der Waals surface area contributed by atoms with Crippen LogP contribution in [0.2, 0.25) is 0 Å². The predicted octanol–water partition coefficient (Wildman–Crippen LogP) is 1.64. The van der Waals surface area contributed by atoms with E-state index in [4.69, 9.17) is 9.47 Å². The Bertz CT molecular complexity index is 450. The van der Waals surface area contributed by atoms with Crippen LogP contribution >= 0.6 is 0 Å². The number of fused-ring (bicyclic) bond motifs is 1. The summed E-state index contributed by atoms with van der Waals surface area (Å²) in [7, 11) is 0. The number of rotatable bonds is 2. The fourth-order valence-electron chi connectivity index (χ4n) is 2.77. The van der Waals surface area contributed by atoms with Crippen molar-refractivity contribution in [1.82, 2.24) is 10.2 Å². The Balaban J connectivity index is 1.72. The lowest BCUT2D eigenvalue weighted by molar-refractivity contribution is 0.130. The molecule has 0 aliphatic carbocycles. The monoisotopic (exact) mass is 262 g/mol. The molecule has 1 N–H and O–H groups in total. The minimum absolute atomic E-state index is 0.547. The van der Waals surface area contributed by atoms with Gasteiger partial charge in [-0.3, -0.25) is 4.90 Å². The zero-order valence-corrected chi connectivity index (χ0v) is 11.7. The van der Waals surface area contributed by atoms with E-state index in [-0.39, 0.29) is 0 Å². The molecule has 19 heavy (non-hydrogen) atoms. The first-order chi connectivity index (χ1) is 9.24. The number of hydrogen-bond donors (Lipinski definition) is 1. The maximum Gasteiger partial charge on any atom is 0.161 e. The molecule has 4 heteroatoms. The standard InChI is InChI=1S/C15H22N2O2/c1-11-12(2)17(6-5-16-11)10-13-3-4-14-15(9-13)19-8-7-18-14/h3-4,9,11-12,16H,5-8,10H2,1-2H3/t11-,12+/m0/s1. The van der Waals surface area contributed by atoms with E-state index in [0.29, 0.717) is 25.3 Å². The normalized spacial score (nSPS) is 27.3. The first-order valence-electron chi connectivity index (χ1n) is 7.10. The Morgan fingerprint density at radius 2 is 2.00 bits per heavy atom. The molecule has 2 aliphatic heterocycles. The Kier molecular flexibility index (Phi) is 3.62. The average molecular weight is 262 g/mol. The molecule has 0 saturated carbocycles. The SMILES string of the molecule is C[C@@H]1NCCN(Cc2ccc3c(c2)OCCO3)[C@@H]1C. The number of benzene rings is 1. The highest BCUT2D eigenvalue weighted by Gasteiger charge is 2.24. The molecule has 1 fully saturated rings. The smallest absolute Gasteiger partial charge is 0.161 e. The van der Waals surface area contributed by atoms with E-state index in [9.17, 15) is 0 Å². The van der Waals surface area contributed by atoms with Crippen LogP contribution in [0.5, 0.6) is 11.5 Å². The van der Waals surface area contributed by atoms with Crippen molar-refractivity contribution in [3.63, 3.8) is 0 Å². The Morgan fingerprint density at radius 3 is 2.84 bits per heavy atom. The van der Waals surface area contributed by atoms with E-state index in [0.717, 1.165) is 31.1 Å². The second-order valence-corrected chi connectivity index (χ2v) is 5.43.